The van der Waals surface area contributed by atoms with Gasteiger partial charge in [-0.1, -0.05) is 47.5 Å². The molecule has 0 aliphatic carbocycles. The predicted molar refractivity (Wildman–Crippen MR) is 92.4 cm³/mol. The molecule has 0 unspecified atom stereocenters. The monoisotopic (exact) mass is 355 g/mol. The first kappa shape index (κ1) is 17.0. The number of halogens is 2. The Hall–Kier alpha value is -1.33. The van der Waals surface area contributed by atoms with Crippen LogP contribution in [-0.2, 0) is 10.0 Å². The Morgan fingerprint density at radius 1 is 1.05 bits per heavy atom. The molecule has 0 bridgehead atoms. The highest BCUT2D eigenvalue weighted by molar-refractivity contribution is 7.92. The lowest BCUT2D eigenvalue weighted by Gasteiger charge is -2.13. The van der Waals surface area contributed by atoms with Gasteiger partial charge in [0.15, 0.2) is 0 Å². The highest BCUT2D eigenvalue weighted by Gasteiger charge is 2.13. The number of hydrogen-bond acceptors (Lipinski definition) is 2. The highest BCUT2D eigenvalue weighted by Crippen LogP contribution is 2.18. The minimum atomic E-state index is -3.56. The van der Waals surface area contributed by atoms with E-state index < -0.39 is 10.0 Å². The molecule has 0 aliphatic rings. The van der Waals surface area contributed by atoms with Crippen molar-refractivity contribution in [3.05, 3.63) is 75.1 Å². The van der Waals surface area contributed by atoms with Crippen molar-refractivity contribution >= 4 is 39.3 Å². The standard InChI is InChI=1S/C16H15Cl2NO2S/c1-12(14-3-2-4-16(18)11-14)19-22(20,21)10-9-13-5-7-15(17)8-6-13/h2-12,19H,1H3/b10-9+/t12-/m0/s1. The van der Waals surface area contributed by atoms with Gasteiger partial charge in [0.2, 0.25) is 10.0 Å². The smallest absolute Gasteiger partial charge is 0.208 e. The summed E-state index contributed by atoms with van der Waals surface area (Å²) in [6.45, 7) is 1.76. The first-order chi connectivity index (χ1) is 10.4. The fourth-order valence-electron chi connectivity index (χ4n) is 1.87. The van der Waals surface area contributed by atoms with Gasteiger partial charge in [0.05, 0.1) is 0 Å². The third-order valence-electron chi connectivity index (χ3n) is 3.00. The Kier molecular flexibility index (Phi) is 5.64. The fraction of sp³-hybridized carbons (Fsp3) is 0.125. The second-order valence-electron chi connectivity index (χ2n) is 4.79. The van der Waals surface area contributed by atoms with Crippen LogP contribution in [0.3, 0.4) is 0 Å². The minimum absolute atomic E-state index is 0.376. The van der Waals surface area contributed by atoms with Crippen LogP contribution in [-0.4, -0.2) is 8.42 Å². The van der Waals surface area contributed by atoms with Crippen molar-refractivity contribution in [2.45, 2.75) is 13.0 Å². The van der Waals surface area contributed by atoms with E-state index in [0.717, 1.165) is 16.5 Å². The van der Waals surface area contributed by atoms with Gasteiger partial charge in [-0.3, -0.25) is 0 Å². The Bertz CT molecular complexity index is 771. The third kappa shape index (κ3) is 5.14. The molecule has 0 saturated heterocycles. The summed E-state index contributed by atoms with van der Waals surface area (Å²) >= 11 is 11.7. The van der Waals surface area contributed by atoms with Crippen molar-refractivity contribution in [3.63, 3.8) is 0 Å². The maximum Gasteiger partial charge on any atom is 0.234 e. The van der Waals surface area contributed by atoms with Crippen LogP contribution in [0.25, 0.3) is 6.08 Å². The summed E-state index contributed by atoms with van der Waals surface area (Å²) in [7, 11) is -3.56. The fourth-order valence-corrected chi connectivity index (χ4v) is 3.24. The highest BCUT2D eigenvalue weighted by atomic mass is 35.5. The van der Waals surface area contributed by atoms with Crippen LogP contribution < -0.4 is 4.72 Å². The topological polar surface area (TPSA) is 46.2 Å². The van der Waals surface area contributed by atoms with Crippen LogP contribution in [0.1, 0.15) is 24.1 Å². The maximum atomic E-state index is 12.1. The molecule has 2 aromatic carbocycles. The maximum absolute atomic E-state index is 12.1. The van der Waals surface area contributed by atoms with E-state index in [1.54, 1.807) is 49.4 Å². The first-order valence-corrected chi connectivity index (χ1v) is 8.87. The molecule has 0 aromatic heterocycles. The van der Waals surface area contributed by atoms with E-state index in [0.29, 0.717) is 10.0 Å². The average Bonchev–Trinajstić information content (AvgIpc) is 2.46. The zero-order chi connectivity index (χ0) is 16.2. The van der Waals surface area contributed by atoms with Crippen LogP contribution in [0.4, 0.5) is 0 Å². The number of sulfonamides is 1. The van der Waals surface area contributed by atoms with Gasteiger partial charge >= 0.3 is 0 Å². The van der Waals surface area contributed by atoms with Gasteiger partial charge in [0.25, 0.3) is 0 Å². The molecule has 6 heteroatoms. The molecular weight excluding hydrogens is 341 g/mol. The van der Waals surface area contributed by atoms with E-state index in [-0.39, 0.29) is 6.04 Å². The van der Waals surface area contributed by atoms with Gasteiger partial charge in [-0.2, -0.15) is 0 Å². The van der Waals surface area contributed by atoms with E-state index in [1.807, 2.05) is 6.07 Å². The number of nitrogens with one attached hydrogen (secondary N) is 1. The summed E-state index contributed by atoms with van der Waals surface area (Å²) in [6.07, 6.45) is 1.52. The normalized spacial score (nSPS) is 13.4. The average molecular weight is 356 g/mol. The molecule has 0 amide bonds. The van der Waals surface area contributed by atoms with Crippen molar-refractivity contribution in [3.8, 4) is 0 Å². The van der Waals surface area contributed by atoms with Crippen LogP contribution >= 0.6 is 23.2 Å². The van der Waals surface area contributed by atoms with Crippen LogP contribution in [0.2, 0.25) is 10.0 Å². The summed E-state index contributed by atoms with van der Waals surface area (Å²) in [6, 6.07) is 13.6. The second-order valence-corrected chi connectivity index (χ2v) is 7.26. The Balaban J connectivity index is 2.09. The molecule has 22 heavy (non-hydrogen) atoms. The summed E-state index contributed by atoms with van der Waals surface area (Å²) in [5.74, 6) is 0. The summed E-state index contributed by atoms with van der Waals surface area (Å²) in [5, 5.41) is 2.31. The van der Waals surface area contributed by atoms with Gasteiger partial charge in [0.1, 0.15) is 0 Å². The van der Waals surface area contributed by atoms with Gasteiger partial charge < -0.3 is 0 Å². The minimum Gasteiger partial charge on any atom is -0.208 e. The second kappa shape index (κ2) is 7.29. The van der Waals surface area contributed by atoms with Crippen molar-refractivity contribution in [2.24, 2.45) is 0 Å². The first-order valence-electron chi connectivity index (χ1n) is 6.57. The van der Waals surface area contributed by atoms with Crippen LogP contribution in [0.15, 0.2) is 53.9 Å². The molecule has 0 fully saturated rings. The van der Waals surface area contributed by atoms with Crippen molar-refractivity contribution in [1.82, 2.24) is 4.72 Å². The van der Waals surface area contributed by atoms with Crippen molar-refractivity contribution < 1.29 is 8.42 Å². The summed E-state index contributed by atoms with van der Waals surface area (Å²) in [4.78, 5) is 0. The Morgan fingerprint density at radius 2 is 1.73 bits per heavy atom. The largest absolute Gasteiger partial charge is 0.234 e. The van der Waals surface area contributed by atoms with Gasteiger partial charge in [-0.25, -0.2) is 13.1 Å². The lowest BCUT2D eigenvalue weighted by atomic mass is 10.1. The third-order valence-corrected chi connectivity index (χ3v) is 4.66. The molecule has 1 atom stereocenters. The van der Waals surface area contributed by atoms with E-state index in [1.165, 1.54) is 6.08 Å². The number of benzene rings is 2. The van der Waals surface area contributed by atoms with Crippen molar-refractivity contribution in [2.75, 3.05) is 0 Å². The van der Waals surface area contributed by atoms with E-state index in [9.17, 15) is 8.42 Å². The molecule has 0 heterocycles. The molecule has 0 saturated carbocycles. The zero-order valence-corrected chi connectivity index (χ0v) is 14.2. The molecule has 116 valence electrons. The van der Waals surface area contributed by atoms with Crippen molar-refractivity contribution in [1.29, 1.82) is 0 Å². The molecule has 0 radical (unpaired) electrons. The number of rotatable bonds is 5. The summed E-state index contributed by atoms with van der Waals surface area (Å²) in [5.41, 5.74) is 1.56. The zero-order valence-electron chi connectivity index (χ0n) is 11.8. The Morgan fingerprint density at radius 3 is 2.36 bits per heavy atom. The molecule has 0 aliphatic heterocycles. The molecule has 1 N–H and O–H groups in total. The van der Waals surface area contributed by atoms with Gasteiger partial charge in [-0.15, -0.1) is 0 Å². The predicted octanol–water partition coefficient (Wildman–Crippen LogP) is 4.64. The Labute approximate surface area is 140 Å². The molecular formula is C16H15Cl2NO2S. The lowest BCUT2D eigenvalue weighted by Crippen LogP contribution is -2.24. The van der Waals surface area contributed by atoms with Gasteiger partial charge in [-0.05, 0) is 48.4 Å². The number of hydrogen-bond donors (Lipinski definition) is 1. The van der Waals surface area contributed by atoms with E-state index >= 15 is 0 Å². The molecule has 3 nitrogen and oxygen atoms in total. The van der Waals surface area contributed by atoms with E-state index in [2.05, 4.69) is 4.72 Å². The van der Waals surface area contributed by atoms with Crippen LogP contribution in [0, 0.1) is 0 Å². The molecule has 2 aromatic rings. The SMILES string of the molecule is C[C@H](NS(=O)(=O)/C=C/c1ccc(Cl)cc1)c1cccc(Cl)c1. The lowest BCUT2D eigenvalue weighted by molar-refractivity contribution is 0.576. The van der Waals surface area contributed by atoms with Crippen LogP contribution in [0.5, 0.6) is 0 Å². The molecule has 2 rings (SSSR count). The van der Waals surface area contributed by atoms with Gasteiger partial charge in [0, 0.05) is 21.5 Å². The van der Waals surface area contributed by atoms with E-state index in [4.69, 9.17) is 23.2 Å². The molecule has 0 spiro atoms. The summed E-state index contributed by atoms with van der Waals surface area (Å²) < 4.78 is 26.7. The quantitative estimate of drug-likeness (QED) is 0.848.